The SMILES string of the molecule is Clc1ccccc1Cn1cc(-c2cccc(I)c2)cn1. The van der Waals surface area contributed by atoms with Crippen LogP contribution in [0.25, 0.3) is 11.1 Å². The Morgan fingerprint density at radius 3 is 2.70 bits per heavy atom. The van der Waals surface area contributed by atoms with Gasteiger partial charge in [0, 0.05) is 20.4 Å². The third-order valence-electron chi connectivity index (χ3n) is 3.08. The summed E-state index contributed by atoms with van der Waals surface area (Å²) in [5.74, 6) is 0. The van der Waals surface area contributed by atoms with Crippen molar-refractivity contribution < 1.29 is 0 Å². The highest BCUT2D eigenvalue weighted by Gasteiger charge is 2.04. The number of nitrogens with zero attached hydrogens (tertiary/aromatic N) is 2. The molecule has 3 aromatic rings. The predicted molar refractivity (Wildman–Crippen MR) is 90.9 cm³/mol. The van der Waals surface area contributed by atoms with Gasteiger partial charge in [-0.1, -0.05) is 41.9 Å². The maximum absolute atomic E-state index is 6.18. The first-order valence-electron chi connectivity index (χ1n) is 6.24. The van der Waals surface area contributed by atoms with Crippen LogP contribution in [-0.2, 0) is 6.54 Å². The van der Waals surface area contributed by atoms with E-state index in [1.54, 1.807) is 0 Å². The first-order chi connectivity index (χ1) is 9.72. The van der Waals surface area contributed by atoms with Gasteiger partial charge in [0.1, 0.15) is 0 Å². The molecule has 0 saturated heterocycles. The summed E-state index contributed by atoms with van der Waals surface area (Å²) in [5, 5.41) is 5.19. The van der Waals surface area contributed by atoms with Crippen molar-refractivity contribution in [1.29, 1.82) is 0 Å². The predicted octanol–water partition coefficient (Wildman–Crippen LogP) is 4.86. The van der Waals surface area contributed by atoms with Crippen molar-refractivity contribution in [3.05, 3.63) is 75.1 Å². The fourth-order valence-corrected chi connectivity index (χ4v) is 2.81. The number of rotatable bonds is 3. The zero-order valence-electron chi connectivity index (χ0n) is 10.6. The molecule has 1 heterocycles. The van der Waals surface area contributed by atoms with Gasteiger partial charge in [-0.15, -0.1) is 0 Å². The van der Waals surface area contributed by atoms with Crippen molar-refractivity contribution in [3.63, 3.8) is 0 Å². The third kappa shape index (κ3) is 3.04. The molecule has 0 unspecified atom stereocenters. The van der Waals surface area contributed by atoms with Gasteiger partial charge in [0.15, 0.2) is 0 Å². The molecule has 2 aromatic carbocycles. The first kappa shape index (κ1) is 13.6. The molecule has 0 radical (unpaired) electrons. The summed E-state index contributed by atoms with van der Waals surface area (Å²) in [6.45, 7) is 0.684. The van der Waals surface area contributed by atoms with Crippen LogP contribution < -0.4 is 0 Å². The van der Waals surface area contributed by atoms with E-state index in [4.69, 9.17) is 11.6 Å². The maximum atomic E-state index is 6.18. The minimum absolute atomic E-state index is 0.684. The van der Waals surface area contributed by atoms with Crippen molar-refractivity contribution in [3.8, 4) is 11.1 Å². The summed E-state index contributed by atoms with van der Waals surface area (Å²) in [7, 11) is 0. The Kier molecular flexibility index (Phi) is 4.08. The van der Waals surface area contributed by atoms with Crippen LogP contribution >= 0.6 is 34.2 Å². The molecule has 4 heteroatoms. The molecule has 0 aliphatic rings. The van der Waals surface area contributed by atoms with Gasteiger partial charge < -0.3 is 0 Å². The van der Waals surface area contributed by atoms with Gasteiger partial charge in [-0.05, 0) is 51.9 Å². The van der Waals surface area contributed by atoms with Crippen LogP contribution in [0.3, 0.4) is 0 Å². The highest BCUT2D eigenvalue weighted by atomic mass is 127. The van der Waals surface area contributed by atoms with Crippen LogP contribution in [-0.4, -0.2) is 9.78 Å². The van der Waals surface area contributed by atoms with Crippen molar-refractivity contribution in [1.82, 2.24) is 9.78 Å². The fraction of sp³-hybridized carbons (Fsp3) is 0.0625. The lowest BCUT2D eigenvalue weighted by Crippen LogP contribution is -2.00. The molecule has 100 valence electrons. The zero-order chi connectivity index (χ0) is 13.9. The zero-order valence-corrected chi connectivity index (χ0v) is 13.5. The molecule has 3 rings (SSSR count). The number of hydrogen-bond donors (Lipinski definition) is 0. The Balaban J connectivity index is 1.86. The average Bonchev–Trinajstić information content (AvgIpc) is 2.90. The second-order valence-electron chi connectivity index (χ2n) is 4.53. The minimum atomic E-state index is 0.684. The molecule has 0 aliphatic heterocycles. The normalized spacial score (nSPS) is 10.7. The molecule has 1 aromatic heterocycles. The van der Waals surface area contributed by atoms with E-state index in [-0.39, 0.29) is 0 Å². The standard InChI is InChI=1S/C16H12ClIN2/c17-16-7-2-1-4-13(16)10-20-11-14(9-19-20)12-5-3-6-15(18)8-12/h1-9,11H,10H2. The minimum Gasteiger partial charge on any atom is -0.268 e. The quantitative estimate of drug-likeness (QED) is 0.580. The Bertz CT molecular complexity index is 737. The molecule has 0 spiro atoms. The molecule has 0 aliphatic carbocycles. The van der Waals surface area contributed by atoms with E-state index in [1.807, 2.05) is 35.1 Å². The summed E-state index contributed by atoms with van der Waals surface area (Å²) in [6, 6.07) is 16.2. The van der Waals surface area contributed by atoms with Crippen LogP contribution in [0, 0.1) is 3.57 Å². The van der Waals surface area contributed by atoms with E-state index in [2.05, 4.69) is 58.2 Å². The summed E-state index contributed by atoms with van der Waals surface area (Å²) >= 11 is 8.49. The number of halogens is 2. The Labute approximate surface area is 136 Å². The van der Waals surface area contributed by atoms with E-state index in [1.165, 1.54) is 9.13 Å². The fourth-order valence-electron chi connectivity index (χ4n) is 2.07. The third-order valence-corrected chi connectivity index (χ3v) is 4.12. The lowest BCUT2D eigenvalue weighted by Gasteiger charge is -2.03. The van der Waals surface area contributed by atoms with Crippen LogP contribution in [0.2, 0.25) is 5.02 Å². The van der Waals surface area contributed by atoms with E-state index in [9.17, 15) is 0 Å². The second-order valence-corrected chi connectivity index (χ2v) is 6.18. The van der Waals surface area contributed by atoms with Crippen LogP contribution in [0.15, 0.2) is 60.9 Å². The van der Waals surface area contributed by atoms with Gasteiger partial charge >= 0.3 is 0 Å². The smallest absolute Gasteiger partial charge is 0.0674 e. The van der Waals surface area contributed by atoms with Crippen molar-refractivity contribution in [2.24, 2.45) is 0 Å². The van der Waals surface area contributed by atoms with Gasteiger partial charge in [0.25, 0.3) is 0 Å². The maximum Gasteiger partial charge on any atom is 0.0674 e. The Morgan fingerprint density at radius 2 is 1.90 bits per heavy atom. The lowest BCUT2D eigenvalue weighted by molar-refractivity contribution is 0.687. The highest BCUT2D eigenvalue weighted by molar-refractivity contribution is 14.1. The van der Waals surface area contributed by atoms with E-state index < -0.39 is 0 Å². The summed E-state index contributed by atoms with van der Waals surface area (Å²) in [4.78, 5) is 0. The number of hydrogen-bond acceptors (Lipinski definition) is 1. The Hall–Kier alpha value is -1.33. The molecule has 0 fully saturated rings. The van der Waals surface area contributed by atoms with Gasteiger partial charge in [0.05, 0.1) is 12.7 Å². The molecule has 0 saturated carbocycles. The van der Waals surface area contributed by atoms with E-state index >= 15 is 0 Å². The molecule has 0 bridgehead atoms. The van der Waals surface area contributed by atoms with Gasteiger partial charge in [-0.2, -0.15) is 5.10 Å². The largest absolute Gasteiger partial charge is 0.268 e. The molecule has 0 atom stereocenters. The average molecular weight is 395 g/mol. The second kappa shape index (κ2) is 5.97. The van der Waals surface area contributed by atoms with Crippen LogP contribution in [0.4, 0.5) is 0 Å². The Morgan fingerprint density at radius 1 is 1.05 bits per heavy atom. The first-order valence-corrected chi connectivity index (χ1v) is 7.70. The van der Waals surface area contributed by atoms with Gasteiger partial charge in [0.2, 0.25) is 0 Å². The van der Waals surface area contributed by atoms with Crippen LogP contribution in [0.1, 0.15) is 5.56 Å². The highest BCUT2D eigenvalue weighted by Crippen LogP contribution is 2.22. The molecule has 2 nitrogen and oxygen atoms in total. The van der Waals surface area contributed by atoms with Crippen molar-refractivity contribution in [2.75, 3.05) is 0 Å². The monoisotopic (exact) mass is 394 g/mol. The summed E-state index contributed by atoms with van der Waals surface area (Å²) in [6.07, 6.45) is 3.94. The molecular weight excluding hydrogens is 383 g/mol. The summed E-state index contributed by atoms with van der Waals surface area (Å²) < 4.78 is 3.13. The van der Waals surface area contributed by atoms with Gasteiger partial charge in [-0.25, -0.2) is 0 Å². The van der Waals surface area contributed by atoms with E-state index in [0.717, 1.165) is 16.1 Å². The lowest BCUT2D eigenvalue weighted by atomic mass is 10.1. The number of aromatic nitrogens is 2. The van der Waals surface area contributed by atoms with Crippen LogP contribution in [0.5, 0.6) is 0 Å². The topological polar surface area (TPSA) is 17.8 Å². The molecule has 20 heavy (non-hydrogen) atoms. The van der Waals surface area contributed by atoms with E-state index in [0.29, 0.717) is 6.54 Å². The van der Waals surface area contributed by atoms with Crippen molar-refractivity contribution in [2.45, 2.75) is 6.54 Å². The van der Waals surface area contributed by atoms with Gasteiger partial charge in [-0.3, -0.25) is 4.68 Å². The number of benzene rings is 2. The molecule has 0 N–H and O–H groups in total. The molecular formula is C16H12ClIN2. The summed E-state index contributed by atoms with van der Waals surface area (Å²) in [5.41, 5.74) is 3.38. The molecule has 0 amide bonds. The van der Waals surface area contributed by atoms with Crippen molar-refractivity contribution >= 4 is 34.2 Å².